The van der Waals surface area contributed by atoms with E-state index < -0.39 is 0 Å². The van der Waals surface area contributed by atoms with Gasteiger partial charge in [-0.2, -0.15) is 0 Å². The number of rotatable bonds is 0. The molecule has 1 fully saturated rings. The third-order valence-electron chi connectivity index (χ3n) is 3.27. The predicted octanol–water partition coefficient (Wildman–Crippen LogP) is 3.48. The molecule has 86 valence electrons. The zero-order valence-electron chi connectivity index (χ0n) is 10.5. The van der Waals surface area contributed by atoms with Crippen LogP contribution in [0.4, 0.5) is 0 Å². The number of halogens is 1. The van der Waals surface area contributed by atoms with Crippen molar-refractivity contribution >= 4 is 12.4 Å². The summed E-state index contributed by atoms with van der Waals surface area (Å²) in [6, 6.07) is 0.687. The van der Waals surface area contributed by atoms with Crippen molar-refractivity contribution in [1.29, 1.82) is 0 Å². The summed E-state index contributed by atoms with van der Waals surface area (Å²) in [6.45, 7) is 15.3. The van der Waals surface area contributed by atoms with Gasteiger partial charge in [0.15, 0.2) is 0 Å². The highest BCUT2D eigenvalue weighted by molar-refractivity contribution is 5.85. The average Bonchev–Trinajstić information content (AvgIpc) is 2.27. The fraction of sp³-hybridized carbons (Fsp3) is 1.00. The minimum absolute atomic E-state index is 0. The van der Waals surface area contributed by atoms with Crippen molar-refractivity contribution in [3.8, 4) is 0 Å². The van der Waals surface area contributed by atoms with E-state index in [2.05, 4.69) is 46.9 Å². The van der Waals surface area contributed by atoms with E-state index in [0.717, 1.165) is 5.92 Å². The van der Waals surface area contributed by atoms with Crippen LogP contribution >= 0.6 is 12.4 Å². The summed E-state index contributed by atoms with van der Waals surface area (Å²) in [5.74, 6) is 0.826. The Bertz CT molecular complexity index is 156. The molecule has 2 heteroatoms. The molecular weight excluding hydrogens is 194 g/mol. The fourth-order valence-corrected chi connectivity index (χ4v) is 2.55. The summed E-state index contributed by atoms with van der Waals surface area (Å²) in [6.07, 6.45) is 1.34. The molecule has 1 rings (SSSR count). The highest BCUT2D eigenvalue weighted by Crippen LogP contribution is 2.40. The maximum Gasteiger partial charge on any atom is 0.0149 e. The van der Waals surface area contributed by atoms with Crippen molar-refractivity contribution in [2.24, 2.45) is 16.7 Å². The summed E-state index contributed by atoms with van der Waals surface area (Å²) in [7, 11) is 0. The van der Waals surface area contributed by atoms with E-state index in [9.17, 15) is 0 Å². The Balaban J connectivity index is 0.00000169. The van der Waals surface area contributed by atoms with Crippen LogP contribution < -0.4 is 5.32 Å². The first-order valence-electron chi connectivity index (χ1n) is 5.46. The van der Waals surface area contributed by atoms with Gasteiger partial charge >= 0.3 is 0 Å². The molecule has 2 unspecified atom stereocenters. The summed E-state index contributed by atoms with van der Waals surface area (Å²) >= 11 is 0. The third-order valence-corrected chi connectivity index (χ3v) is 3.27. The van der Waals surface area contributed by atoms with Gasteiger partial charge in [0.2, 0.25) is 0 Å². The molecule has 0 aromatic carbocycles. The first kappa shape index (κ1) is 14.2. The molecule has 1 saturated heterocycles. The Morgan fingerprint density at radius 2 is 1.43 bits per heavy atom. The van der Waals surface area contributed by atoms with Crippen LogP contribution in [0.15, 0.2) is 0 Å². The molecule has 0 aliphatic carbocycles. The lowest BCUT2D eigenvalue weighted by atomic mass is 9.69. The molecule has 1 N–H and O–H groups in total. The van der Waals surface area contributed by atoms with Crippen molar-refractivity contribution in [3.63, 3.8) is 0 Å². The Kier molecular flexibility index (Phi) is 4.48. The zero-order valence-corrected chi connectivity index (χ0v) is 11.3. The predicted molar refractivity (Wildman–Crippen MR) is 66.1 cm³/mol. The third kappa shape index (κ3) is 3.13. The van der Waals surface area contributed by atoms with Crippen LogP contribution in [0, 0.1) is 16.7 Å². The van der Waals surface area contributed by atoms with Crippen molar-refractivity contribution < 1.29 is 0 Å². The molecule has 14 heavy (non-hydrogen) atoms. The second kappa shape index (κ2) is 4.40. The van der Waals surface area contributed by atoms with Gasteiger partial charge in [0.25, 0.3) is 0 Å². The molecule has 1 nitrogen and oxygen atoms in total. The number of nitrogens with one attached hydrogen (secondary N) is 1. The summed E-state index contributed by atoms with van der Waals surface area (Å²) < 4.78 is 0. The highest BCUT2D eigenvalue weighted by atomic mass is 35.5. The van der Waals surface area contributed by atoms with Crippen molar-refractivity contribution in [1.82, 2.24) is 5.32 Å². The van der Waals surface area contributed by atoms with E-state index in [4.69, 9.17) is 0 Å². The van der Waals surface area contributed by atoms with Crippen molar-refractivity contribution in [2.45, 2.75) is 54.0 Å². The maximum absolute atomic E-state index is 3.65. The van der Waals surface area contributed by atoms with Crippen LogP contribution in [-0.2, 0) is 0 Å². The SMILES string of the molecule is CC(C)(C)C1CCNC1C(C)(C)C.Cl. The molecule has 1 aliphatic heterocycles. The normalized spacial score (nSPS) is 28.7. The lowest BCUT2D eigenvalue weighted by Crippen LogP contribution is -2.43. The van der Waals surface area contributed by atoms with Gasteiger partial charge in [-0.25, -0.2) is 0 Å². The van der Waals surface area contributed by atoms with Crippen LogP contribution in [-0.4, -0.2) is 12.6 Å². The van der Waals surface area contributed by atoms with E-state index in [1.165, 1.54) is 13.0 Å². The van der Waals surface area contributed by atoms with Crippen LogP contribution in [0.1, 0.15) is 48.0 Å². The first-order valence-corrected chi connectivity index (χ1v) is 5.46. The molecular formula is C12H26ClN. The number of hydrogen-bond donors (Lipinski definition) is 1. The smallest absolute Gasteiger partial charge is 0.0149 e. The minimum atomic E-state index is 0. The summed E-state index contributed by atoms with van der Waals surface area (Å²) in [5.41, 5.74) is 0.843. The van der Waals surface area contributed by atoms with Crippen molar-refractivity contribution in [3.05, 3.63) is 0 Å². The lowest BCUT2D eigenvalue weighted by Gasteiger charge is -2.39. The maximum atomic E-state index is 3.65. The van der Waals surface area contributed by atoms with Gasteiger partial charge in [0, 0.05) is 6.04 Å². The average molecular weight is 220 g/mol. The Hall–Kier alpha value is 0.250. The molecule has 0 aromatic heterocycles. The monoisotopic (exact) mass is 219 g/mol. The fourth-order valence-electron chi connectivity index (χ4n) is 2.55. The van der Waals surface area contributed by atoms with E-state index in [1.807, 2.05) is 0 Å². The minimum Gasteiger partial charge on any atom is -0.313 e. The van der Waals surface area contributed by atoms with E-state index in [-0.39, 0.29) is 12.4 Å². The van der Waals surface area contributed by atoms with Gasteiger partial charge < -0.3 is 5.32 Å². The summed E-state index contributed by atoms with van der Waals surface area (Å²) in [4.78, 5) is 0. The molecule has 2 atom stereocenters. The standard InChI is InChI=1S/C12H25N.ClH/c1-11(2,3)9-7-8-13-10(9)12(4,5)6;/h9-10,13H,7-8H2,1-6H3;1H. The first-order chi connectivity index (χ1) is 5.73. The number of hydrogen-bond acceptors (Lipinski definition) is 1. The highest BCUT2D eigenvalue weighted by Gasteiger charge is 2.41. The molecule has 0 bridgehead atoms. The molecule has 0 aromatic rings. The molecule has 0 radical (unpaired) electrons. The largest absolute Gasteiger partial charge is 0.313 e. The lowest BCUT2D eigenvalue weighted by molar-refractivity contribution is 0.142. The Morgan fingerprint density at radius 1 is 0.929 bits per heavy atom. The van der Waals surface area contributed by atoms with E-state index >= 15 is 0 Å². The molecule has 0 saturated carbocycles. The van der Waals surface area contributed by atoms with Gasteiger partial charge in [-0.1, -0.05) is 41.5 Å². The van der Waals surface area contributed by atoms with Gasteiger partial charge in [-0.15, -0.1) is 12.4 Å². The van der Waals surface area contributed by atoms with E-state index in [1.54, 1.807) is 0 Å². The second-order valence-corrected chi connectivity index (χ2v) is 6.56. The van der Waals surface area contributed by atoms with Gasteiger partial charge in [-0.3, -0.25) is 0 Å². The molecule has 0 amide bonds. The van der Waals surface area contributed by atoms with Crippen LogP contribution in [0.2, 0.25) is 0 Å². The molecule has 0 spiro atoms. The quantitative estimate of drug-likeness (QED) is 0.658. The summed E-state index contributed by atoms with van der Waals surface area (Å²) in [5, 5.41) is 3.65. The zero-order chi connectivity index (χ0) is 10.3. The van der Waals surface area contributed by atoms with Crippen LogP contribution in [0.5, 0.6) is 0 Å². The van der Waals surface area contributed by atoms with Gasteiger partial charge in [-0.05, 0) is 29.7 Å². The Morgan fingerprint density at radius 3 is 1.71 bits per heavy atom. The molecule has 1 aliphatic rings. The van der Waals surface area contributed by atoms with Crippen LogP contribution in [0.3, 0.4) is 0 Å². The van der Waals surface area contributed by atoms with Crippen LogP contribution in [0.25, 0.3) is 0 Å². The Labute approximate surface area is 95.5 Å². The second-order valence-electron chi connectivity index (χ2n) is 6.56. The molecule has 1 heterocycles. The van der Waals surface area contributed by atoms with E-state index in [0.29, 0.717) is 16.9 Å². The van der Waals surface area contributed by atoms with Gasteiger partial charge in [0.1, 0.15) is 0 Å². The topological polar surface area (TPSA) is 12.0 Å². The van der Waals surface area contributed by atoms with Crippen molar-refractivity contribution in [2.75, 3.05) is 6.54 Å². The van der Waals surface area contributed by atoms with Gasteiger partial charge in [0.05, 0.1) is 0 Å².